The summed E-state index contributed by atoms with van der Waals surface area (Å²) >= 11 is 0. The number of hydrogen-bond donors (Lipinski definition) is 2. The number of aromatic amines is 1. The van der Waals surface area contributed by atoms with Crippen molar-refractivity contribution in [3.05, 3.63) is 54.0 Å². The van der Waals surface area contributed by atoms with Crippen LogP contribution in [0.4, 0.5) is 0 Å². The second kappa shape index (κ2) is 8.50. The van der Waals surface area contributed by atoms with Gasteiger partial charge in [0.25, 0.3) is 0 Å². The molecule has 0 aliphatic carbocycles. The molecule has 6 heteroatoms. The highest BCUT2D eigenvalue weighted by Gasteiger charge is 2.25. The average Bonchev–Trinajstić information content (AvgIpc) is 3.43. The molecule has 6 nitrogen and oxygen atoms in total. The summed E-state index contributed by atoms with van der Waals surface area (Å²) in [7, 11) is 3.86. The van der Waals surface area contributed by atoms with Crippen LogP contribution in [-0.4, -0.2) is 52.3 Å². The zero-order valence-corrected chi connectivity index (χ0v) is 16.9. The molecule has 0 saturated carbocycles. The molecule has 1 saturated heterocycles. The summed E-state index contributed by atoms with van der Waals surface area (Å²) in [4.78, 5) is 10.3. The van der Waals surface area contributed by atoms with Crippen molar-refractivity contribution in [2.45, 2.75) is 25.7 Å². The Bertz CT molecular complexity index is 937. The van der Waals surface area contributed by atoms with Gasteiger partial charge in [-0.2, -0.15) is 5.10 Å². The molecule has 1 aromatic carbocycles. The van der Waals surface area contributed by atoms with Crippen LogP contribution in [0, 0.1) is 5.92 Å². The van der Waals surface area contributed by atoms with Crippen LogP contribution < -0.4 is 5.32 Å². The summed E-state index contributed by atoms with van der Waals surface area (Å²) in [5, 5.41) is 9.18. The quantitative estimate of drug-likeness (QED) is 0.394. The number of aryl methyl sites for hydroxylation is 2. The summed E-state index contributed by atoms with van der Waals surface area (Å²) < 4.78 is 1.89. The molecule has 0 amide bonds. The van der Waals surface area contributed by atoms with Gasteiger partial charge in [-0.15, -0.1) is 0 Å². The van der Waals surface area contributed by atoms with Crippen LogP contribution in [-0.2, 0) is 19.9 Å². The molecule has 3 heterocycles. The topological polar surface area (TPSA) is 61.2 Å². The fourth-order valence-corrected chi connectivity index (χ4v) is 4.25. The van der Waals surface area contributed by atoms with Crippen LogP contribution in [0.1, 0.15) is 24.0 Å². The summed E-state index contributed by atoms with van der Waals surface area (Å²) in [5.41, 5.74) is 3.94. The molecule has 2 aromatic heterocycles. The van der Waals surface area contributed by atoms with Crippen LogP contribution in [0.2, 0.25) is 0 Å². The van der Waals surface area contributed by atoms with Gasteiger partial charge in [0.1, 0.15) is 0 Å². The molecule has 1 aliphatic heterocycles. The maximum absolute atomic E-state index is 4.51. The molecule has 3 aromatic rings. The Morgan fingerprint density at radius 1 is 1.36 bits per heavy atom. The number of nitrogens with one attached hydrogen (secondary N) is 2. The molecular formula is C22H30N6. The number of fused-ring (bicyclic) bond motifs is 1. The molecule has 0 radical (unpaired) electrons. The maximum Gasteiger partial charge on any atom is 0.193 e. The van der Waals surface area contributed by atoms with Gasteiger partial charge in [-0.25, -0.2) is 0 Å². The molecule has 1 unspecified atom stereocenters. The number of aromatic nitrogens is 3. The van der Waals surface area contributed by atoms with E-state index in [0.717, 1.165) is 44.9 Å². The normalized spacial score (nSPS) is 17.6. The van der Waals surface area contributed by atoms with E-state index in [1.807, 2.05) is 25.0 Å². The molecule has 0 spiro atoms. The average molecular weight is 379 g/mol. The van der Waals surface area contributed by atoms with Crippen molar-refractivity contribution in [3.63, 3.8) is 0 Å². The minimum Gasteiger partial charge on any atom is -0.361 e. The van der Waals surface area contributed by atoms with Crippen molar-refractivity contribution in [2.24, 2.45) is 18.0 Å². The number of H-pyrrole nitrogens is 1. The number of aliphatic imine (C=N–C) groups is 1. The van der Waals surface area contributed by atoms with Gasteiger partial charge in [-0.3, -0.25) is 9.67 Å². The number of rotatable bonds is 6. The minimum atomic E-state index is 0.675. The van der Waals surface area contributed by atoms with Crippen LogP contribution >= 0.6 is 0 Å². The molecule has 28 heavy (non-hydrogen) atoms. The van der Waals surface area contributed by atoms with Gasteiger partial charge in [0.05, 0.1) is 6.20 Å². The van der Waals surface area contributed by atoms with E-state index in [1.165, 1.54) is 28.5 Å². The van der Waals surface area contributed by atoms with Crippen molar-refractivity contribution < 1.29 is 0 Å². The third-order valence-electron chi connectivity index (χ3n) is 5.66. The second-order valence-electron chi connectivity index (χ2n) is 7.76. The standard InChI is InChI=1S/C22H30N6/c1-23-22(28-11-9-17(16-28)12-18-13-26-27(2)15-18)24-10-5-6-19-14-25-21-8-4-3-7-20(19)21/h3-4,7-8,13-15,17,25H,5-6,9-12,16H2,1-2H3,(H,23,24). The van der Waals surface area contributed by atoms with Crippen molar-refractivity contribution in [3.8, 4) is 0 Å². The van der Waals surface area contributed by atoms with E-state index in [2.05, 4.69) is 62.0 Å². The third kappa shape index (κ3) is 4.21. The molecule has 1 atom stereocenters. The van der Waals surface area contributed by atoms with Crippen molar-refractivity contribution in [2.75, 3.05) is 26.7 Å². The highest BCUT2D eigenvalue weighted by atomic mass is 15.3. The predicted octanol–water partition coefficient (Wildman–Crippen LogP) is 2.97. The van der Waals surface area contributed by atoms with Crippen LogP contribution in [0.5, 0.6) is 0 Å². The van der Waals surface area contributed by atoms with Crippen molar-refractivity contribution in [1.82, 2.24) is 25.0 Å². The van der Waals surface area contributed by atoms with Gasteiger partial charge in [0.2, 0.25) is 0 Å². The SMILES string of the molecule is CN=C(NCCCc1c[nH]c2ccccc12)N1CCC(Cc2cnn(C)c2)C1. The Morgan fingerprint density at radius 3 is 3.07 bits per heavy atom. The van der Waals surface area contributed by atoms with E-state index in [9.17, 15) is 0 Å². The molecule has 148 valence electrons. The molecule has 0 bridgehead atoms. The Hall–Kier alpha value is -2.76. The molecule has 2 N–H and O–H groups in total. The van der Waals surface area contributed by atoms with E-state index in [4.69, 9.17) is 0 Å². The lowest BCUT2D eigenvalue weighted by atomic mass is 10.0. The summed E-state index contributed by atoms with van der Waals surface area (Å²) in [6.45, 7) is 3.08. The molecular weight excluding hydrogens is 348 g/mol. The number of benzene rings is 1. The lowest BCUT2D eigenvalue weighted by Crippen LogP contribution is -2.40. The monoisotopic (exact) mass is 378 g/mol. The Kier molecular flexibility index (Phi) is 5.65. The van der Waals surface area contributed by atoms with Crippen LogP contribution in [0.3, 0.4) is 0 Å². The first-order valence-electron chi connectivity index (χ1n) is 10.2. The van der Waals surface area contributed by atoms with Gasteiger partial charge in [-0.1, -0.05) is 18.2 Å². The van der Waals surface area contributed by atoms with E-state index in [0.29, 0.717) is 5.92 Å². The first-order valence-corrected chi connectivity index (χ1v) is 10.2. The van der Waals surface area contributed by atoms with Gasteiger partial charge in [0.15, 0.2) is 5.96 Å². The largest absolute Gasteiger partial charge is 0.361 e. The van der Waals surface area contributed by atoms with Crippen molar-refractivity contribution in [1.29, 1.82) is 0 Å². The van der Waals surface area contributed by atoms with E-state index < -0.39 is 0 Å². The highest BCUT2D eigenvalue weighted by Crippen LogP contribution is 2.21. The number of hydrogen-bond acceptors (Lipinski definition) is 2. The lowest BCUT2D eigenvalue weighted by Gasteiger charge is -2.21. The first-order chi connectivity index (χ1) is 13.7. The fourth-order valence-electron chi connectivity index (χ4n) is 4.25. The Balaban J connectivity index is 1.24. The summed E-state index contributed by atoms with van der Waals surface area (Å²) in [6, 6.07) is 8.51. The Morgan fingerprint density at radius 2 is 2.25 bits per heavy atom. The van der Waals surface area contributed by atoms with Gasteiger partial charge in [-0.05, 0) is 48.8 Å². The number of nitrogens with zero attached hydrogens (tertiary/aromatic N) is 4. The minimum absolute atomic E-state index is 0.675. The third-order valence-corrected chi connectivity index (χ3v) is 5.66. The van der Waals surface area contributed by atoms with E-state index in [1.54, 1.807) is 0 Å². The van der Waals surface area contributed by atoms with Crippen molar-refractivity contribution >= 4 is 16.9 Å². The molecule has 1 aliphatic rings. The zero-order chi connectivity index (χ0) is 19.3. The lowest BCUT2D eigenvalue weighted by molar-refractivity contribution is 0.459. The molecule has 1 fully saturated rings. The Labute approximate surface area is 166 Å². The first kappa shape index (κ1) is 18.6. The molecule has 4 rings (SSSR count). The smallest absolute Gasteiger partial charge is 0.193 e. The second-order valence-corrected chi connectivity index (χ2v) is 7.76. The van der Waals surface area contributed by atoms with Crippen LogP contribution in [0.15, 0.2) is 47.8 Å². The van der Waals surface area contributed by atoms with Gasteiger partial charge >= 0.3 is 0 Å². The van der Waals surface area contributed by atoms with Gasteiger partial charge < -0.3 is 15.2 Å². The number of para-hydroxylation sites is 1. The number of likely N-dealkylation sites (tertiary alicyclic amines) is 1. The zero-order valence-electron chi connectivity index (χ0n) is 16.9. The fraction of sp³-hybridized carbons (Fsp3) is 0.455. The summed E-state index contributed by atoms with van der Waals surface area (Å²) in [5.74, 6) is 1.71. The highest BCUT2D eigenvalue weighted by molar-refractivity contribution is 5.83. The van der Waals surface area contributed by atoms with Gasteiger partial charge in [0, 0.05) is 57.0 Å². The van der Waals surface area contributed by atoms with Crippen LogP contribution in [0.25, 0.3) is 10.9 Å². The number of guanidine groups is 1. The summed E-state index contributed by atoms with van der Waals surface area (Å²) in [6.07, 6.45) is 10.7. The van der Waals surface area contributed by atoms with E-state index >= 15 is 0 Å². The predicted molar refractivity (Wildman–Crippen MR) is 115 cm³/mol. The van der Waals surface area contributed by atoms with E-state index in [-0.39, 0.29) is 0 Å². The maximum atomic E-state index is 4.51.